The number of anilines is 1. The molecule has 0 spiro atoms. The molecule has 2 N–H and O–H groups in total. The minimum atomic E-state index is -3.21. The zero-order valence-electron chi connectivity index (χ0n) is 17.4. The van der Waals surface area contributed by atoms with Crippen LogP contribution in [-0.2, 0) is 16.4 Å². The minimum absolute atomic E-state index is 0.224. The van der Waals surface area contributed by atoms with E-state index >= 15 is 0 Å². The van der Waals surface area contributed by atoms with E-state index in [1.54, 1.807) is 38.2 Å². The Morgan fingerprint density at radius 1 is 1.17 bits per heavy atom. The summed E-state index contributed by atoms with van der Waals surface area (Å²) in [6.45, 7) is 3.71. The van der Waals surface area contributed by atoms with Gasteiger partial charge in [0.25, 0.3) is 0 Å². The standard InChI is InChI=1S/C21H29FN4O2S/c1-16-14-17(10-11-20(16)29(4,27)28)15-25-21(23-2)24-12-7-13-26(3)19-9-6-5-8-18(19)22/h5-6,8-11,14H,7,12-13,15H2,1-4H3,(H2,23,24,25). The van der Waals surface area contributed by atoms with Gasteiger partial charge in [-0.15, -0.1) is 0 Å². The van der Waals surface area contributed by atoms with Crippen LogP contribution in [0.2, 0.25) is 0 Å². The number of benzene rings is 2. The van der Waals surface area contributed by atoms with Crippen molar-refractivity contribution in [3.05, 3.63) is 59.4 Å². The predicted molar refractivity (Wildman–Crippen MR) is 117 cm³/mol. The number of guanidine groups is 1. The van der Waals surface area contributed by atoms with Crippen molar-refractivity contribution < 1.29 is 12.8 Å². The molecule has 0 radical (unpaired) electrons. The number of nitrogens with zero attached hydrogens (tertiary/aromatic N) is 2. The first-order valence-corrected chi connectivity index (χ1v) is 11.3. The van der Waals surface area contributed by atoms with Gasteiger partial charge in [0.2, 0.25) is 0 Å². The van der Waals surface area contributed by atoms with Gasteiger partial charge in [0.15, 0.2) is 15.8 Å². The van der Waals surface area contributed by atoms with Gasteiger partial charge in [0.1, 0.15) is 5.82 Å². The third kappa shape index (κ3) is 6.74. The number of para-hydroxylation sites is 1. The molecule has 0 saturated carbocycles. The maximum atomic E-state index is 13.8. The lowest BCUT2D eigenvalue weighted by atomic mass is 10.1. The fraction of sp³-hybridized carbons (Fsp3) is 0.381. The van der Waals surface area contributed by atoms with Crippen molar-refractivity contribution in [2.24, 2.45) is 4.99 Å². The molecule has 2 aromatic carbocycles. The molecule has 0 aliphatic heterocycles. The molecule has 6 nitrogen and oxygen atoms in total. The predicted octanol–water partition coefficient (Wildman–Crippen LogP) is 2.73. The molecular weight excluding hydrogens is 391 g/mol. The van der Waals surface area contributed by atoms with Crippen LogP contribution in [0.4, 0.5) is 10.1 Å². The van der Waals surface area contributed by atoms with Crippen LogP contribution >= 0.6 is 0 Å². The third-order valence-electron chi connectivity index (χ3n) is 4.55. The monoisotopic (exact) mass is 420 g/mol. The lowest BCUT2D eigenvalue weighted by Crippen LogP contribution is -2.38. The summed E-state index contributed by atoms with van der Waals surface area (Å²) in [6.07, 6.45) is 2.02. The van der Waals surface area contributed by atoms with Crippen molar-refractivity contribution in [3.63, 3.8) is 0 Å². The van der Waals surface area contributed by atoms with Crippen molar-refractivity contribution in [2.75, 3.05) is 38.3 Å². The van der Waals surface area contributed by atoms with E-state index in [0.29, 0.717) is 36.2 Å². The SMILES string of the molecule is CN=C(NCCCN(C)c1ccccc1F)NCc1ccc(S(C)(=O)=O)c(C)c1. The molecule has 0 heterocycles. The van der Waals surface area contributed by atoms with Crippen LogP contribution in [0.25, 0.3) is 0 Å². The number of rotatable bonds is 8. The molecule has 0 aliphatic rings. The van der Waals surface area contributed by atoms with E-state index in [2.05, 4.69) is 15.6 Å². The molecular formula is C21H29FN4O2S. The Balaban J connectivity index is 1.80. The zero-order chi connectivity index (χ0) is 21.4. The second kappa shape index (κ2) is 10.2. The topological polar surface area (TPSA) is 73.8 Å². The summed E-state index contributed by atoms with van der Waals surface area (Å²) >= 11 is 0. The number of aryl methyl sites for hydroxylation is 1. The first kappa shape index (κ1) is 22.7. The van der Waals surface area contributed by atoms with Crippen LogP contribution in [0, 0.1) is 12.7 Å². The normalized spacial score (nSPS) is 12.0. The Bertz CT molecular complexity index is 961. The summed E-state index contributed by atoms with van der Waals surface area (Å²) in [6, 6.07) is 12.0. The van der Waals surface area contributed by atoms with E-state index < -0.39 is 9.84 Å². The van der Waals surface area contributed by atoms with E-state index in [9.17, 15) is 12.8 Å². The van der Waals surface area contributed by atoms with E-state index in [0.717, 1.165) is 17.5 Å². The molecule has 0 unspecified atom stereocenters. The molecule has 2 rings (SSSR count). The smallest absolute Gasteiger partial charge is 0.191 e. The van der Waals surface area contributed by atoms with E-state index in [4.69, 9.17) is 0 Å². The molecule has 0 aromatic heterocycles. The average Bonchev–Trinajstić information content (AvgIpc) is 2.66. The van der Waals surface area contributed by atoms with Crippen molar-refractivity contribution in [3.8, 4) is 0 Å². The quantitative estimate of drug-likeness (QED) is 0.390. The second-order valence-corrected chi connectivity index (χ2v) is 8.94. The Kier molecular flexibility index (Phi) is 8.01. The van der Waals surface area contributed by atoms with Crippen LogP contribution in [0.15, 0.2) is 52.4 Å². The van der Waals surface area contributed by atoms with Crippen molar-refractivity contribution >= 4 is 21.5 Å². The van der Waals surface area contributed by atoms with Gasteiger partial charge in [-0.1, -0.05) is 24.3 Å². The number of nitrogens with one attached hydrogen (secondary N) is 2. The maximum absolute atomic E-state index is 13.8. The minimum Gasteiger partial charge on any atom is -0.372 e. The zero-order valence-corrected chi connectivity index (χ0v) is 18.2. The van der Waals surface area contributed by atoms with E-state index in [1.165, 1.54) is 12.3 Å². The average molecular weight is 421 g/mol. The lowest BCUT2D eigenvalue weighted by Gasteiger charge is -2.20. The molecule has 29 heavy (non-hydrogen) atoms. The molecule has 158 valence electrons. The fourth-order valence-corrected chi connectivity index (χ4v) is 4.01. The van der Waals surface area contributed by atoms with Crippen LogP contribution < -0.4 is 15.5 Å². The van der Waals surface area contributed by atoms with Crippen LogP contribution in [0.3, 0.4) is 0 Å². The van der Waals surface area contributed by atoms with Crippen molar-refractivity contribution in [1.29, 1.82) is 0 Å². The van der Waals surface area contributed by atoms with Crippen LogP contribution in [-0.4, -0.2) is 47.8 Å². The number of sulfone groups is 1. The fourth-order valence-electron chi connectivity index (χ4n) is 3.05. The van der Waals surface area contributed by atoms with Gasteiger partial charge >= 0.3 is 0 Å². The van der Waals surface area contributed by atoms with Gasteiger partial charge in [-0.2, -0.15) is 0 Å². The van der Waals surface area contributed by atoms with Crippen LogP contribution in [0.1, 0.15) is 17.5 Å². The number of hydrogen-bond acceptors (Lipinski definition) is 4. The first-order valence-electron chi connectivity index (χ1n) is 9.42. The Hall–Kier alpha value is -2.61. The summed E-state index contributed by atoms with van der Waals surface area (Å²) in [4.78, 5) is 6.43. The van der Waals surface area contributed by atoms with Gasteiger partial charge in [-0.05, 0) is 42.7 Å². The summed E-state index contributed by atoms with van der Waals surface area (Å²) in [5.41, 5.74) is 2.28. The third-order valence-corrected chi connectivity index (χ3v) is 5.81. The highest BCUT2D eigenvalue weighted by atomic mass is 32.2. The Labute approximate surface area is 172 Å². The van der Waals surface area contributed by atoms with E-state index in [-0.39, 0.29) is 5.82 Å². The number of hydrogen-bond donors (Lipinski definition) is 2. The van der Waals surface area contributed by atoms with Crippen molar-refractivity contribution in [2.45, 2.75) is 24.8 Å². The Morgan fingerprint density at radius 2 is 1.90 bits per heavy atom. The number of halogens is 1. The summed E-state index contributed by atoms with van der Waals surface area (Å²) in [7, 11) is 0.347. The molecule has 0 aliphatic carbocycles. The molecule has 0 atom stereocenters. The second-order valence-electron chi connectivity index (χ2n) is 6.95. The van der Waals surface area contributed by atoms with E-state index in [1.807, 2.05) is 24.1 Å². The molecule has 8 heteroatoms. The van der Waals surface area contributed by atoms with Crippen LogP contribution in [0.5, 0.6) is 0 Å². The lowest BCUT2D eigenvalue weighted by molar-refractivity contribution is 0.601. The summed E-state index contributed by atoms with van der Waals surface area (Å²) < 4.78 is 37.2. The molecule has 0 bridgehead atoms. The highest BCUT2D eigenvalue weighted by molar-refractivity contribution is 7.90. The summed E-state index contributed by atoms with van der Waals surface area (Å²) in [5, 5.41) is 6.45. The van der Waals surface area contributed by atoms with Crippen molar-refractivity contribution in [1.82, 2.24) is 10.6 Å². The van der Waals surface area contributed by atoms with Gasteiger partial charge in [0.05, 0.1) is 10.6 Å². The van der Waals surface area contributed by atoms with Gasteiger partial charge < -0.3 is 15.5 Å². The van der Waals surface area contributed by atoms with Gasteiger partial charge in [-0.25, -0.2) is 12.8 Å². The van der Waals surface area contributed by atoms with Gasteiger partial charge in [0, 0.05) is 40.0 Å². The maximum Gasteiger partial charge on any atom is 0.191 e. The highest BCUT2D eigenvalue weighted by Gasteiger charge is 2.11. The Morgan fingerprint density at radius 3 is 2.52 bits per heavy atom. The summed E-state index contributed by atoms with van der Waals surface area (Å²) in [5.74, 6) is 0.431. The first-order chi connectivity index (χ1) is 13.7. The largest absolute Gasteiger partial charge is 0.372 e. The molecule has 0 fully saturated rings. The molecule has 0 amide bonds. The highest BCUT2D eigenvalue weighted by Crippen LogP contribution is 2.17. The molecule has 2 aromatic rings. The molecule has 0 saturated heterocycles. The number of aliphatic imine (C=N–C) groups is 1. The van der Waals surface area contributed by atoms with Gasteiger partial charge in [-0.3, -0.25) is 4.99 Å².